The molecule has 0 aliphatic heterocycles. The minimum atomic E-state index is -0.858. The number of hydrogen-bond donors (Lipinski definition) is 4. The van der Waals surface area contributed by atoms with Gasteiger partial charge in [-0.15, -0.1) is 0 Å². The number of amides is 2. The lowest BCUT2D eigenvalue weighted by Gasteiger charge is -2.12. The summed E-state index contributed by atoms with van der Waals surface area (Å²) in [7, 11) is 0. The van der Waals surface area contributed by atoms with E-state index in [2.05, 4.69) is 10.6 Å². The van der Waals surface area contributed by atoms with Crippen molar-refractivity contribution in [2.24, 2.45) is 11.5 Å². The van der Waals surface area contributed by atoms with Crippen molar-refractivity contribution in [3.63, 3.8) is 0 Å². The maximum absolute atomic E-state index is 12.0. The van der Waals surface area contributed by atoms with Crippen LogP contribution in [0.3, 0.4) is 0 Å². The first-order valence-corrected chi connectivity index (χ1v) is 14.7. The number of ether oxygens (including phenoxy) is 2. The third kappa shape index (κ3) is 21.8. The SMILES string of the molecule is CCCCOC(=O)C[C@H](N)C(=O)NCCCCCCCCCCCCNC(=O)[C@@H](N)CC(=O)OCCCC. The Morgan fingerprint density at radius 1 is 0.553 bits per heavy atom. The molecule has 0 rings (SSSR count). The van der Waals surface area contributed by atoms with Crippen molar-refractivity contribution in [1.82, 2.24) is 10.6 Å². The Morgan fingerprint density at radius 3 is 1.18 bits per heavy atom. The van der Waals surface area contributed by atoms with Crippen molar-refractivity contribution < 1.29 is 28.7 Å². The summed E-state index contributed by atoms with van der Waals surface area (Å²) in [6.45, 7) is 5.92. The average molecular weight is 543 g/mol. The van der Waals surface area contributed by atoms with E-state index in [0.717, 1.165) is 64.2 Å². The lowest BCUT2D eigenvalue weighted by Crippen LogP contribution is -2.42. The molecule has 10 nitrogen and oxygen atoms in total. The highest BCUT2D eigenvalue weighted by Crippen LogP contribution is 2.10. The van der Waals surface area contributed by atoms with Crippen molar-refractivity contribution in [1.29, 1.82) is 0 Å². The van der Waals surface area contributed by atoms with Crippen LogP contribution in [0.1, 0.15) is 117 Å². The van der Waals surface area contributed by atoms with Crippen LogP contribution in [-0.2, 0) is 28.7 Å². The van der Waals surface area contributed by atoms with Gasteiger partial charge in [0.2, 0.25) is 11.8 Å². The molecule has 0 spiro atoms. The normalized spacial score (nSPS) is 12.4. The van der Waals surface area contributed by atoms with Crippen LogP contribution in [0.5, 0.6) is 0 Å². The number of unbranched alkanes of at least 4 members (excludes halogenated alkanes) is 11. The Kier molecular flexibility index (Phi) is 23.6. The van der Waals surface area contributed by atoms with Crippen LogP contribution in [0.4, 0.5) is 0 Å². The molecule has 0 heterocycles. The molecular weight excluding hydrogens is 488 g/mol. The maximum Gasteiger partial charge on any atom is 0.307 e. The van der Waals surface area contributed by atoms with Crippen LogP contribution in [-0.4, -0.2) is 62.1 Å². The Labute approximate surface area is 229 Å². The number of nitrogens with two attached hydrogens (primary N) is 2. The van der Waals surface area contributed by atoms with Gasteiger partial charge < -0.3 is 31.6 Å². The fourth-order valence-electron chi connectivity index (χ4n) is 3.67. The molecule has 0 aliphatic carbocycles. The first kappa shape index (κ1) is 35.8. The van der Waals surface area contributed by atoms with Gasteiger partial charge in [-0.05, 0) is 25.7 Å². The second-order valence-corrected chi connectivity index (χ2v) is 9.89. The summed E-state index contributed by atoms with van der Waals surface area (Å²) < 4.78 is 10.1. The standard InChI is InChI=1S/C28H54N4O6/c1-3-5-19-37-25(33)21-23(29)27(35)31-17-15-13-11-9-7-8-10-12-14-16-18-32-28(36)24(30)22-26(34)38-20-6-4-2/h23-24H,3-22,29-30H2,1-2H3,(H,31,35)(H,32,36)/t23-,24-/m0/s1. The smallest absolute Gasteiger partial charge is 0.307 e. The molecule has 0 unspecified atom stereocenters. The van der Waals surface area contributed by atoms with Crippen LogP contribution in [0.25, 0.3) is 0 Å². The van der Waals surface area contributed by atoms with Gasteiger partial charge in [0.05, 0.1) is 38.1 Å². The zero-order valence-electron chi connectivity index (χ0n) is 23.9. The number of hydrogen-bond acceptors (Lipinski definition) is 8. The third-order valence-electron chi connectivity index (χ3n) is 6.17. The van der Waals surface area contributed by atoms with Crippen LogP contribution < -0.4 is 22.1 Å². The third-order valence-corrected chi connectivity index (χ3v) is 6.17. The highest BCUT2D eigenvalue weighted by molar-refractivity contribution is 5.86. The zero-order valence-corrected chi connectivity index (χ0v) is 23.9. The molecular formula is C28H54N4O6. The summed E-state index contributed by atoms with van der Waals surface area (Å²) in [5.74, 6) is -1.46. The van der Waals surface area contributed by atoms with E-state index in [1.54, 1.807) is 0 Å². The van der Waals surface area contributed by atoms with Gasteiger partial charge in [-0.1, -0.05) is 78.1 Å². The Balaban J connectivity index is 3.51. The molecule has 0 bridgehead atoms. The summed E-state index contributed by atoms with van der Waals surface area (Å²) in [4.78, 5) is 47.2. The van der Waals surface area contributed by atoms with E-state index in [-0.39, 0.29) is 24.7 Å². The average Bonchev–Trinajstić information content (AvgIpc) is 2.88. The van der Waals surface area contributed by atoms with Crippen molar-refractivity contribution in [2.45, 2.75) is 129 Å². The molecule has 222 valence electrons. The maximum atomic E-state index is 12.0. The number of carbonyl (C=O) groups is 4. The topological polar surface area (TPSA) is 163 Å². The molecule has 0 saturated heterocycles. The molecule has 2 atom stereocenters. The van der Waals surface area contributed by atoms with Crippen molar-refractivity contribution >= 4 is 23.8 Å². The van der Waals surface area contributed by atoms with Gasteiger partial charge in [-0.3, -0.25) is 19.2 Å². The molecule has 10 heteroatoms. The van der Waals surface area contributed by atoms with Crippen LogP contribution in [0.2, 0.25) is 0 Å². The van der Waals surface area contributed by atoms with E-state index < -0.39 is 24.0 Å². The van der Waals surface area contributed by atoms with E-state index in [1.807, 2.05) is 13.8 Å². The largest absolute Gasteiger partial charge is 0.466 e. The van der Waals surface area contributed by atoms with Crippen molar-refractivity contribution in [3.8, 4) is 0 Å². The second kappa shape index (κ2) is 25.1. The lowest BCUT2D eigenvalue weighted by molar-refractivity contribution is -0.146. The van der Waals surface area contributed by atoms with Gasteiger partial charge in [0, 0.05) is 13.1 Å². The monoisotopic (exact) mass is 542 g/mol. The molecule has 0 fully saturated rings. The van der Waals surface area contributed by atoms with E-state index in [4.69, 9.17) is 20.9 Å². The molecule has 0 aromatic carbocycles. The summed E-state index contributed by atoms with van der Waals surface area (Å²) in [6, 6.07) is -1.72. The van der Waals surface area contributed by atoms with Gasteiger partial charge in [-0.2, -0.15) is 0 Å². The Hall–Kier alpha value is -2.20. The first-order valence-electron chi connectivity index (χ1n) is 14.7. The fraction of sp³-hybridized carbons (Fsp3) is 0.857. The Morgan fingerprint density at radius 2 is 0.868 bits per heavy atom. The number of esters is 2. The highest BCUT2D eigenvalue weighted by Gasteiger charge is 2.18. The zero-order chi connectivity index (χ0) is 28.4. The minimum absolute atomic E-state index is 0.0877. The van der Waals surface area contributed by atoms with Gasteiger partial charge >= 0.3 is 11.9 Å². The minimum Gasteiger partial charge on any atom is -0.466 e. The van der Waals surface area contributed by atoms with Crippen LogP contribution in [0.15, 0.2) is 0 Å². The molecule has 0 aromatic heterocycles. The Bertz CT molecular complexity index is 593. The fourth-order valence-corrected chi connectivity index (χ4v) is 3.67. The summed E-state index contributed by atoms with van der Waals surface area (Å²) in [6.07, 6.45) is 14.2. The number of carbonyl (C=O) groups excluding carboxylic acids is 4. The van der Waals surface area contributed by atoms with E-state index >= 15 is 0 Å². The molecule has 0 saturated carbocycles. The van der Waals surface area contributed by atoms with Gasteiger partial charge in [0.25, 0.3) is 0 Å². The quantitative estimate of drug-likeness (QED) is 0.101. The number of rotatable bonds is 25. The van der Waals surface area contributed by atoms with Crippen LogP contribution in [0, 0.1) is 0 Å². The van der Waals surface area contributed by atoms with E-state index in [9.17, 15) is 19.2 Å². The summed E-state index contributed by atoms with van der Waals surface area (Å²) in [5.41, 5.74) is 11.6. The molecule has 0 aromatic rings. The predicted octanol–water partition coefficient (Wildman–Crippen LogP) is 3.24. The molecule has 2 amide bonds. The van der Waals surface area contributed by atoms with Crippen LogP contribution >= 0.6 is 0 Å². The van der Waals surface area contributed by atoms with Gasteiger partial charge in [0.15, 0.2) is 0 Å². The lowest BCUT2D eigenvalue weighted by atomic mass is 10.1. The molecule has 6 N–H and O–H groups in total. The number of nitrogens with one attached hydrogen (secondary N) is 2. The van der Waals surface area contributed by atoms with Gasteiger partial charge in [-0.25, -0.2) is 0 Å². The summed E-state index contributed by atoms with van der Waals surface area (Å²) >= 11 is 0. The summed E-state index contributed by atoms with van der Waals surface area (Å²) in [5, 5.41) is 5.59. The predicted molar refractivity (Wildman–Crippen MR) is 149 cm³/mol. The second-order valence-electron chi connectivity index (χ2n) is 9.89. The molecule has 38 heavy (non-hydrogen) atoms. The van der Waals surface area contributed by atoms with E-state index in [1.165, 1.54) is 25.7 Å². The highest BCUT2D eigenvalue weighted by atomic mass is 16.5. The van der Waals surface area contributed by atoms with E-state index in [0.29, 0.717) is 26.3 Å². The van der Waals surface area contributed by atoms with Crippen molar-refractivity contribution in [3.05, 3.63) is 0 Å². The van der Waals surface area contributed by atoms with Gasteiger partial charge in [0.1, 0.15) is 0 Å². The molecule has 0 radical (unpaired) electrons. The van der Waals surface area contributed by atoms with Crippen molar-refractivity contribution in [2.75, 3.05) is 26.3 Å². The molecule has 0 aliphatic rings. The first-order chi connectivity index (χ1) is 18.3.